The van der Waals surface area contributed by atoms with Crippen LogP contribution in [0.1, 0.15) is 21.7 Å². The summed E-state index contributed by atoms with van der Waals surface area (Å²) in [6.45, 7) is 0.374. The van der Waals surface area contributed by atoms with Gasteiger partial charge in [0.1, 0.15) is 11.5 Å². The molecule has 0 aliphatic heterocycles. The van der Waals surface area contributed by atoms with Crippen LogP contribution in [0.25, 0.3) is 6.08 Å². The lowest BCUT2D eigenvalue weighted by atomic mass is 10.1. The maximum atomic E-state index is 12.6. The van der Waals surface area contributed by atoms with E-state index in [0.717, 1.165) is 5.56 Å². The first kappa shape index (κ1) is 19.5. The Morgan fingerprint density at radius 1 is 0.964 bits per heavy atom. The van der Waals surface area contributed by atoms with E-state index in [4.69, 9.17) is 16.0 Å². The predicted molar refractivity (Wildman–Crippen MR) is 109 cm³/mol. The molecule has 0 saturated heterocycles. The Labute approximate surface area is 168 Å². The number of hydrogen-bond acceptors (Lipinski definition) is 3. The quantitative estimate of drug-likeness (QED) is 0.593. The summed E-state index contributed by atoms with van der Waals surface area (Å²) < 4.78 is 5.27. The molecule has 2 amide bonds. The lowest BCUT2D eigenvalue weighted by Crippen LogP contribution is -2.35. The van der Waals surface area contributed by atoms with E-state index >= 15 is 0 Å². The number of rotatable bonds is 7. The number of nitrogens with one attached hydrogen (secondary N) is 2. The minimum atomic E-state index is -0.410. The van der Waals surface area contributed by atoms with Crippen LogP contribution in [0.5, 0.6) is 0 Å². The molecule has 0 unspecified atom stereocenters. The third-order valence-electron chi connectivity index (χ3n) is 4.00. The Bertz CT molecular complexity index is 966. The summed E-state index contributed by atoms with van der Waals surface area (Å²) in [5, 5.41) is 6.11. The zero-order valence-electron chi connectivity index (χ0n) is 15.0. The summed E-state index contributed by atoms with van der Waals surface area (Å²) in [7, 11) is 0. The normalized spacial score (nSPS) is 11.1. The van der Waals surface area contributed by atoms with Gasteiger partial charge in [-0.1, -0.05) is 48.0 Å². The molecule has 2 aromatic carbocycles. The zero-order chi connectivity index (χ0) is 19.8. The van der Waals surface area contributed by atoms with Crippen LogP contribution in [0.4, 0.5) is 0 Å². The smallest absolute Gasteiger partial charge is 0.267 e. The van der Waals surface area contributed by atoms with E-state index in [2.05, 4.69) is 10.6 Å². The molecule has 0 aliphatic carbocycles. The maximum Gasteiger partial charge on any atom is 0.267 e. The third kappa shape index (κ3) is 5.34. The molecule has 0 aliphatic rings. The zero-order valence-corrected chi connectivity index (χ0v) is 15.8. The standard InChI is InChI=1S/C22H19ClN2O3/c23-19-11-5-4-7-16(19)12-13-24-22(27)20(15-18-10-6-14-28-18)25-21(26)17-8-2-1-3-9-17/h1-11,14-15H,12-13H2,(H,24,27)(H,25,26). The predicted octanol–water partition coefficient (Wildman–Crippen LogP) is 4.06. The van der Waals surface area contributed by atoms with Crippen molar-refractivity contribution in [2.75, 3.05) is 6.54 Å². The van der Waals surface area contributed by atoms with Crippen LogP contribution >= 0.6 is 11.6 Å². The average Bonchev–Trinajstić information content (AvgIpc) is 3.22. The molecular formula is C22H19ClN2O3. The van der Waals surface area contributed by atoms with Gasteiger partial charge in [0.25, 0.3) is 11.8 Å². The highest BCUT2D eigenvalue weighted by Crippen LogP contribution is 2.15. The summed E-state index contributed by atoms with van der Waals surface area (Å²) in [4.78, 5) is 25.1. The van der Waals surface area contributed by atoms with Crippen molar-refractivity contribution in [2.45, 2.75) is 6.42 Å². The van der Waals surface area contributed by atoms with Gasteiger partial charge < -0.3 is 15.1 Å². The van der Waals surface area contributed by atoms with E-state index in [9.17, 15) is 9.59 Å². The van der Waals surface area contributed by atoms with Crippen LogP contribution in [0.3, 0.4) is 0 Å². The lowest BCUT2D eigenvalue weighted by Gasteiger charge is -2.11. The molecule has 3 rings (SSSR count). The number of hydrogen-bond donors (Lipinski definition) is 2. The van der Waals surface area contributed by atoms with Gasteiger partial charge in [-0.3, -0.25) is 9.59 Å². The summed E-state index contributed by atoms with van der Waals surface area (Å²) in [5.74, 6) is -0.322. The van der Waals surface area contributed by atoms with Gasteiger partial charge in [0.2, 0.25) is 0 Å². The van der Waals surface area contributed by atoms with Crippen molar-refractivity contribution in [3.8, 4) is 0 Å². The maximum absolute atomic E-state index is 12.6. The van der Waals surface area contributed by atoms with E-state index in [1.807, 2.05) is 24.3 Å². The second kappa shape index (κ2) is 9.58. The second-order valence-corrected chi connectivity index (χ2v) is 6.40. The largest absolute Gasteiger partial charge is 0.465 e. The van der Waals surface area contributed by atoms with E-state index in [1.54, 1.807) is 42.5 Å². The van der Waals surface area contributed by atoms with Crippen molar-refractivity contribution in [2.24, 2.45) is 0 Å². The molecule has 0 atom stereocenters. The fraction of sp³-hybridized carbons (Fsp3) is 0.0909. The highest BCUT2D eigenvalue weighted by Gasteiger charge is 2.15. The van der Waals surface area contributed by atoms with Crippen molar-refractivity contribution in [3.63, 3.8) is 0 Å². The van der Waals surface area contributed by atoms with Crippen molar-refractivity contribution in [1.82, 2.24) is 10.6 Å². The average molecular weight is 395 g/mol. The highest BCUT2D eigenvalue weighted by atomic mass is 35.5. The van der Waals surface area contributed by atoms with Crippen LogP contribution in [-0.4, -0.2) is 18.4 Å². The van der Waals surface area contributed by atoms with E-state index in [-0.39, 0.29) is 11.6 Å². The van der Waals surface area contributed by atoms with E-state index in [1.165, 1.54) is 12.3 Å². The van der Waals surface area contributed by atoms with E-state index in [0.29, 0.717) is 29.3 Å². The van der Waals surface area contributed by atoms with Gasteiger partial charge in [0, 0.05) is 23.2 Å². The minimum absolute atomic E-state index is 0.1000. The number of carbonyl (C=O) groups is 2. The van der Waals surface area contributed by atoms with Crippen LogP contribution in [-0.2, 0) is 11.2 Å². The molecule has 2 N–H and O–H groups in total. The summed E-state index contributed by atoms with van der Waals surface area (Å²) in [6.07, 6.45) is 3.57. The minimum Gasteiger partial charge on any atom is -0.465 e. The monoisotopic (exact) mass is 394 g/mol. The lowest BCUT2D eigenvalue weighted by molar-refractivity contribution is -0.117. The highest BCUT2D eigenvalue weighted by molar-refractivity contribution is 6.31. The topological polar surface area (TPSA) is 71.3 Å². The second-order valence-electron chi connectivity index (χ2n) is 5.99. The Morgan fingerprint density at radius 2 is 1.71 bits per heavy atom. The molecule has 5 nitrogen and oxygen atoms in total. The molecule has 0 bridgehead atoms. The third-order valence-corrected chi connectivity index (χ3v) is 4.37. The Morgan fingerprint density at radius 3 is 2.43 bits per heavy atom. The van der Waals surface area contributed by atoms with Crippen LogP contribution in [0.2, 0.25) is 5.02 Å². The number of halogens is 1. The summed E-state index contributed by atoms with van der Waals surface area (Å²) in [6, 6.07) is 19.6. The molecule has 0 radical (unpaired) electrons. The molecule has 0 saturated carbocycles. The number of carbonyl (C=O) groups excluding carboxylic acids is 2. The molecule has 0 spiro atoms. The van der Waals surface area contributed by atoms with Gasteiger partial charge in [0.15, 0.2) is 0 Å². The molecule has 0 fully saturated rings. The van der Waals surface area contributed by atoms with E-state index < -0.39 is 5.91 Å². The first-order chi connectivity index (χ1) is 13.6. The Kier molecular flexibility index (Phi) is 6.65. The van der Waals surface area contributed by atoms with Gasteiger partial charge in [-0.2, -0.15) is 0 Å². The fourth-order valence-electron chi connectivity index (χ4n) is 2.57. The fourth-order valence-corrected chi connectivity index (χ4v) is 2.80. The molecule has 3 aromatic rings. The van der Waals surface area contributed by atoms with Crippen molar-refractivity contribution in [1.29, 1.82) is 0 Å². The molecule has 6 heteroatoms. The van der Waals surface area contributed by atoms with Crippen molar-refractivity contribution in [3.05, 3.63) is 101 Å². The van der Waals surface area contributed by atoms with Crippen LogP contribution < -0.4 is 10.6 Å². The SMILES string of the molecule is O=C(NCCc1ccccc1Cl)C(=Cc1ccco1)NC(=O)c1ccccc1. The van der Waals surface area contributed by atoms with Crippen LogP contribution in [0, 0.1) is 0 Å². The number of benzene rings is 2. The Hall–Kier alpha value is -3.31. The molecule has 1 aromatic heterocycles. The molecule has 142 valence electrons. The Balaban J connectivity index is 1.69. The molecule has 28 heavy (non-hydrogen) atoms. The summed E-state index contributed by atoms with van der Waals surface area (Å²) in [5.41, 5.74) is 1.49. The summed E-state index contributed by atoms with van der Waals surface area (Å²) >= 11 is 6.14. The van der Waals surface area contributed by atoms with Gasteiger partial charge in [-0.15, -0.1) is 0 Å². The molecular weight excluding hydrogens is 376 g/mol. The number of furan rings is 1. The van der Waals surface area contributed by atoms with Crippen molar-refractivity contribution < 1.29 is 14.0 Å². The van der Waals surface area contributed by atoms with Gasteiger partial charge in [-0.25, -0.2) is 0 Å². The van der Waals surface area contributed by atoms with Crippen LogP contribution in [0.15, 0.2) is 83.1 Å². The number of amides is 2. The van der Waals surface area contributed by atoms with Gasteiger partial charge in [-0.05, 0) is 42.3 Å². The van der Waals surface area contributed by atoms with Gasteiger partial charge >= 0.3 is 0 Å². The molecule has 1 heterocycles. The first-order valence-corrected chi connectivity index (χ1v) is 9.14. The first-order valence-electron chi connectivity index (χ1n) is 8.76. The van der Waals surface area contributed by atoms with Gasteiger partial charge in [0.05, 0.1) is 6.26 Å². The van der Waals surface area contributed by atoms with Crippen molar-refractivity contribution >= 4 is 29.5 Å².